The van der Waals surface area contributed by atoms with E-state index in [-0.39, 0.29) is 6.54 Å². The monoisotopic (exact) mass is 183 g/mol. The molecule has 0 aliphatic carbocycles. The van der Waals surface area contributed by atoms with Crippen LogP contribution >= 0.6 is 0 Å². The molecule has 1 aliphatic heterocycles. The van der Waals surface area contributed by atoms with Crippen LogP contribution in [0.15, 0.2) is 17.1 Å². The minimum absolute atomic E-state index is 0.236. The first kappa shape index (κ1) is 9.44. The summed E-state index contributed by atoms with van der Waals surface area (Å²) in [5, 5.41) is 17.5. The predicted octanol–water partition coefficient (Wildman–Crippen LogP) is 0.173. The van der Waals surface area contributed by atoms with Crippen LogP contribution in [0.3, 0.4) is 0 Å². The summed E-state index contributed by atoms with van der Waals surface area (Å²) in [5.41, 5.74) is -1.24. The van der Waals surface area contributed by atoms with E-state index in [2.05, 4.69) is 4.99 Å². The molecule has 0 aromatic rings. The van der Waals surface area contributed by atoms with Crippen LogP contribution in [0.1, 0.15) is 6.92 Å². The molecule has 0 unspecified atom stereocenters. The molecule has 0 aromatic heterocycles. The van der Waals surface area contributed by atoms with Gasteiger partial charge in [-0.15, -0.1) is 0 Å². The second-order valence-corrected chi connectivity index (χ2v) is 2.87. The van der Waals surface area contributed by atoms with Gasteiger partial charge in [0.1, 0.15) is 0 Å². The van der Waals surface area contributed by atoms with Crippen LogP contribution in [0.4, 0.5) is 0 Å². The lowest BCUT2D eigenvalue weighted by Crippen LogP contribution is -2.41. The highest BCUT2D eigenvalue weighted by molar-refractivity contribution is 6.04. The smallest absolute Gasteiger partial charge is 0.326 e. The van der Waals surface area contributed by atoms with Crippen molar-refractivity contribution in [2.75, 3.05) is 6.54 Å². The molecular weight excluding hydrogens is 174 g/mol. The van der Waals surface area contributed by atoms with Crippen LogP contribution in [-0.2, 0) is 9.59 Å². The lowest BCUT2D eigenvalue weighted by molar-refractivity contribution is -0.159. The standard InChI is InChI=1S/C8H9NO4/c1-5-2-3-8(4-9-5,6(10)11)7(12)13/h2-3H,4H2,1H3,(H,10,11)(H,12,13). The van der Waals surface area contributed by atoms with E-state index in [0.717, 1.165) is 0 Å². The number of nitrogens with zero attached hydrogens (tertiary/aromatic N) is 1. The Kier molecular flexibility index (Phi) is 2.18. The van der Waals surface area contributed by atoms with Gasteiger partial charge in [0, 0.05) is 5.71 Å². The highest BCUT2D eigenvalue weighted by Crippen LogP contribution is 2.23. The van der Waals surface area contributed by atoms with Crippen molar-refractivity contribution < 1.29 is 19.8 Å². The van der Waals surface area contributed by atoms with Gasteiger partial charge in [-0.2, -0.15) is 0 Å². The number of rotatable bonds is 2. The highest BCUT2D eigenvalue weighted by atomic mass is 16.4. The fraction of sp³-hybridized carbons (Fsp3) is 0.375. The van der Waals surface area contributed by atoms with E-state index in [9.17, 15) is 9.59 Å². The number of aliphatic carboxylic acids is 2. The summed E-state index contributed by atoms with van der Waals surface area (Å²) in [4.78, 5) is 25.2. The quantitative estimate of drug-likeness (QED) is 0.597. The minimum atomic E-state index is -1.88. The molecule has 0 spiro atoms. The third kappa shape index (κ3) is 1.44. The summed E-state index contributed by atoms with van der Waals surface area (Å²) in [6, 6.07) is 0. The molecule has 0 saturated carbocycles. The topological polar surface area (TPSA) is 87.0 Å². The van der Waals surface area contributed by atoms with Gasteiger partial charge in [-0.25, -0.2) is 0 Å². The molecule has 70 valence electrons. The second kappa shape index (κ2) is 3.01. The third-order valence-corrected chi connectivity index (χ3v) is 1.95. The van der Waals surface area contributed by atoms with Gasteiger partial charge in [0.05, 0.1) is 6.54 Å². The Hall–Kier alpha value is -1.65. The molecule has 5 heteroatoms. The number of hydrogen-bond acceptors (Lipinski definition) is 3. The van der Waals surface area contributed by atoms with Crippen molar-refractivity contribution in [2.24, 2.45) is 10.4 Å². The van der Waals surface area contributed by atoms with Gasteiger partial charge in [-0.05, 0) is 13.0 Å². The molecule has 0 saturated heterocycles. The van der Waals surface area contributed by atoms with Crippen molar-refractivity contribution in [3.8, 4) is 0 Å². The number of carboxylic acid groups (broad SMARTS) is 2. The molecule has 2 N–H and O–H groups in total. The second-order valence-electron chi connectivity index (χ2n) is 2.87. The van der Waals surface area contributed by atoms with Crippen LogP contribution in [-0.4, -0.2) is 34.4 Å². The molecule has 0 fully saturated rings. The van der Waals surface area contributed by atoms with Gasteiger partial charge in [0.25, 0.3) is 0 Å². The van der Waals surface area contributed by atoms with Crippen molar-refractivity contribution in [2.45, 2.75) is 6.92 Å². The summed E-state index contributed by atoms with van der Waals surface area (Å²) in [6.07, 6.45) is 2.58. The van der Waals surface area contributed by atoms with E-state index in [4.69, 9.17) is 10.2 Å². The van der Waals surface area contributed by atoms with Crippen molar-refractivity contribution in [3.63, 3.8) is 0 Å². The van der Waals surface area contributed by atoms with Gasteiger partial charge < -0.3 is 10.2 Å². The van der Waals surface area contributed by atoms with Crippen molar-refractivity contribution in [3.05, 3.63) is 12.2 Å². The molecule has 0 aromatic carbocycles. The van der Waals surface area contributed by atoms with Crippen LogP contribution in [0.2, 0.25) is 0 Å². The molecule has 13 heavy (non-hydrogen) atoms. The number of carboxylic acids is 2. The van der Waals surface area contributed by atoms with E-state index in [0.29, 0.717) is 5.71 Å². The van der Waals surface area contributed by atoms with Crippen LogP contribution < -0.4 is 0 Å². The fourth-order valence-corrected chi connectivity index (χ4v) is 0.987. The SMILES string of the molecule is CC1=NCC(C(=O)O)(C(=O)O)C=C1. The summed E-state index contributed by atoms with van der Waals surface area (Å²) in [7, 11) is 0. The van der Waals surface area contributed by atoms with Crippen molar-refractivity contribution in [1.29, 1.82) is 0 Å². The van der Waals surface area contributed by atoms with Crippen molar-refractivity contribution >= 4 is 17.7 Å². The van der Waals surface area contributed by atoms with Gasteiger partial charge in [-0.1, -0.05) is 6.08 Å². The Morgan fingerprint density at radius 1 is 1.46 bits per heavy atom. The maximum Gasteiger partial charge on any atom is 0.326 e. The Morgan fingerprint density at radius 2 is 2.00 bits per heavy atom. The molecule has 1 aliphatic rings. The lowest BCUT2D eigenvalue weighted by atomic mass is 9.86. The van der Waals surface area contributed by atoms with E-state index in [1.807, 2.05) is 0 Å². The summed E-state index contributed by atoms with van der Waals surface area (Å²) >= 11 is 0. The van der Waals surface area contributed by atoms with Gasteiger partial charge in [0.2, 0.25) is 5.41 Å². The maximum absolute atomic E-state index is 10.7. The Bertz CT molecular complexity index is 302. The number of dihydropyridines is 1. The first-order valence-corrected chi connectivity index (χ1v) is 3.66. The fourth-order valence-electron chi connectivity index (χ4n) is 0.987. The van der Waals surface area contributed by atoms with E-state index >= 15 is 0 Å². The Balaban J connectivity index is 3.05. The minimum Gasteiger partial charge on any atom is -0.480 e. The van der Waals surface area contributed by atoms with Gasteiger partial charge in [-0.3, -0.25) is 14.6 Å². The van der Waals surface area contributed by atoms with E-state index in [1.165, 1.54) is 12.2 Å². The Morgan fingerprint density at radius 3 is 2.31 bits per heavy atom. The molecule has 1 rings (SSSR count). The average Bonchev–Trinajstić information content (AvgIpc) is 2.04. The first-order valence-electron chi connectivity index (χ1n) is 3.66. The highest BCUT2D eigenvalue weighted by Gasteiger charge is 2.45. The maximum atomic E-state index is 10.7. The molecule has 5 nitrogen and oxygen atoms in total. The zero-order valence-corrected chi connectivity index (χ0v) is 7.02. The van der Waals surface area contributed by atoms with Gasteiger partial charge >= 0.3 is 11.9 Å². The number of carbonyl (C=O) groups is 2. The van der Waals surface area contributed by atoms with Crippen LogP contribution in [0.25, 0.3) is 0 Å². The number of aliphatic imine (C=N–C) groups is 1. The largest absolute Gasteiger partial charge is 0.480 e. The number of allylic oxidation sites excluding steroid dienone is 1. The van der Waals surface area contributed by atoms with Gasteiger partial charge in [0.15, 0.2) is 0 Å². The van der Waals surface area contributed by atoms with E-state index < -0.39 is 17.4 Å². The Labute approximate surface area is 74.4 Å². The normalized spacial score (nSPS) is 19.3. The molecule has 0 bridgehead atoms. The molecule has 0 amide bonds. The lowest BCUT2D eigenvalue weighted by Gasteiger charge is -2.21. The summed E-state index contributed by atoms with van der Waals surface area (Å²) in [6.45, 7) is 1.45. The third-order valence-electron chi connectivity index (χ3n) is 1.95. The zero-order chi connectivity index (χ0) is 10.1. The molecule has 1 heterocycles. The molecular formula is C8H9NO4. The molecule has 0 radical (unpaired) electrons. The van der Waals surface area contributed by atoms with Crippen LogP contribution in [0.5, 0.6) is 0 Å². The van der Waals surface area contributed by atoms with Crippen molar-refractivity contribution in [1.82, 2.24) is 0 Å². The van der Waals surface area contributed by atoms with E-state index in [1.54, 1.807) is 6.92 Å². The number of hydrogen-bond donors (Lipinski definition) is 2. The average molecular weight is 183 g/mol. The summed E-state index contributed by atoms with van der Waals surface area (Å²) < 4.78 is 0. The molecule has 0 atom stereocenters. The first-order chi connectivity index (χ1) is 5.99. The summed E-state index contributed by atoms with van der Waals surface area (Å²) in [5.74, 6) is -2.76. The zero-order valence-electron chi connectivity index (χ0n) is 7.02. The predicted molar refractivity (Wildman–Crippen MR) is 44.8 cm³/mol. The van der Waals surface area contributed by atoms with Crippen LogP contribution in [0, 0.1) is 5.41 Å².